The van der Waals surface area contributed by atoms with Gasteiger partial charge in [-0.05, 0) is 71.8 Å². The maximum atomic E-state index is 12.4. The van der Waals surface area contributed by atoms with E-state index in [9.17, 15) is 14.7 Å². The molecule has 4 aliphatic rings. The highest BCUT2D eigenvalue weighted by Gasteiger charge is 2.25. The number of aliphatic hydroxyl groups excluding tert-OH is 1. The molecule has 11 heteroatoms. The highest BCUT2D eigenvalue weighted by molar-refractivity contribution is 6.00. The van der Waals surface area contributed by atoms with Gasteiger partial charge in [0.05, 0.1) is 0 Å². The van der Waals surface area contributed by atoms with Crippen LogP contribution in [0, 0.1) is 0 Å². The molecule has 1 unspecified atom stereocenters. The SMILES string of the molecule is O=C(Cc1ccc2c(c1)OCO2)c1ccc2c(c1)OCO2.O=C(c1ccc2c(c1)OCO2)C(O)c1ccc2c(c1)OCO2. The summed E-state index contributed by atoms with van der Waals surface area (Å²) < 4.78 is 42.0. The summed E-state index contributed by atoms with van der Waals surface area (Å²) >= 11 is 0. The fraction of sp³-hybridized carbons (Fsp3) is 0.188. The molecule has 0 saturated carbocycles. The number of rotatable bonds is 6. The van der Waals surface area contributed by atoms with Crippen LogP contribution in [0.2, 0.25) is 0 Å². The van der Waals surface area contributed by atoms with E-state index in [2.05, 4.69) is 0 Å². The summed E-state index contributed by atoms with van der Waals surface area (Å²) in [6.07, 6.45) is -0.981. The van der Waals surface area contributed by atoms with Crippen LogP contribution < -0.4 is 37.9 Å². The van der Waals surface area contributed by atoms with Gasteiger partial charge in [-0.15, -0.1) is 0 Å². The Hall–Kier alpha value is -5.42. The molecule has 4 heterocycles. The minimum absolute atomic E-state index is 0.0205. The first kappa shape index (κ1) is 26.5. The van der Waals surface area contributed by atoms with Crippen LogP contribution >= 0.6 is 0 Å². The number of ketones is 2. The van der Waals surface area contributed by atoms with Gasteiger partial charge < -0.3 is 43.0 Å². The van der Waals surface area contributed by atoms with Crippen LogP contribution in [0.25, 0.3) is 0 Å². The van der Waals surface area contributed by atoms with Gasteiger partial charge in [0, 0.05) is 17.5 Å². The molecule has 1 N–H and O–H groups in total. The van der Waals surface area contributed by atoms with Crippen LogP contribution in [-0.4, -0.2) is 43.8 Å². The first-order valence-electron chi connectivity index (χ1n) is 13.3. The van der Waals surface area contributed by atoms with Gasteiger partial charge in [-0.1, -0.05) is 12.1 Å². The van der Waals surface area contributed by atoms with Crippen molar-refractivity contribution in [2.24, 2.45) is 0 Å². The maximum Gasteiger partial charge on any atom is 0.231 e. The molecule has 0 aromatic heterocycles. The zero-order valence-electron chi connectivity index (χ0n) is 22.6. The molecule has 0 bridgehead atoms. The number of hydrogen-bond donors (Lipinski definition) is 1. The number of carbonyl (C=O) groups is 2. The molecule has 43 heavy (non-hydrogen) atoms. The zero-order chi connectivity index (χ0) is 29.3. The number of aliphatic hydroxyl groups is 1. The van der Waals surface area contributed by atoms with E-state index < -0.39 is 11.9 Å². The lowest BCUT2D eigenvalue weighted by atomic mass is 9.99. The van der Waals surface area contributed by atoms with Crippen LogP contribution in [0.3, 0.4) is 0 Å². The van der Waals surface area contributed by atoms with Crippen molar-refractivity contribution >= 4 is 11.6 Å². The van der Waals surface area contributed by atoms with E-state index in [1.54, 1.807) is 54.6 Å². The number of fused-ring (bicyclic) bond motifs is 4. The molecule has 0 fully saturated rings. The lowest BCUT2D eigenvalue weighted by molar-refractivity contribution is 0.0746. The molecule has 4 aromatic carbocycles. The van der Waals surface area contributed by atoms with E-state index in [-0.39, 0.29) is 33.0 Å². The van der Waals surface area contributed by atoms with Crippen LogP contribution in [0.1, 0.15) is 37.9 Å². The molecule has 0 aliphatic carbocycles. The van der Waals surface area contributed by atoms with E-state index in [0.29, 0.717) is 69.1 Å². The third-order valence-corrected chi connectivity index (χ3v) is 7.11. The topological polar surface area (TPSA) is 128 Å². The summed E-state index contributed by atoms with van der Waals surface area (Å²) in [5.41, 5.74) is 2.31. The second-order valence-corrected chi connectivity index (χ2v) is 9.80. The van der Waals surface area contributed by atoms with Gasteiger partial charge in [-0.2, -0.15) is 0 Å². The molecule has 8 rings (SSSR count). The number of ether oxygens (including phenoxy) is 8. The second kappa shape index (κ2) is 11.1. The summed E-state index contributed by atoms with van der Waals surface area (Å²) in [6.45, 7) is 0.715. The minimum Gasteiger partial charge on any atom is -0.454 e. The van der Waals surface area contributed by atoms with Crippen molar-refractivity contribution in [2.75, 3.05) is 27.2 Å². The Morgan fingerprint density at radius 1 is 0.535 bits per heavy atom. The quantitative estimate of drug-likeness (QED) is 0.319. The molecule has 0 amide bonds. The Bertz CT molecular complexity index is 1730. The second-order valence-electron chi connectivity index (χ2n) is 9.80. The fourth-order valence-electron chi connectivity index (χ4n) is 4.85. The molecule has 11 nitrogen and oxygen atoms in total. The first-order valence-corrected chi connectivity index (χ1v) is 13.3. The van der Waals surface area contributed by atoms with Crippen molar-refractivity contribution in [3.05, 3.63) is 95.1 Å². The van der Waals surface area contributed by atoms with Gasteiger partial charge in [-0.3, -0.25) is 9.59 Å². The van der Waals surface area contributed by atoms with E-state index >= 15 is 0 Å². The Labute approximate surface area is 245 Å². The Balaban J connectivity index is 0.000000140. The van der Waals surface area contributed by atoms with Crippen LogP contribution in [0.4, 0.5) is 0 Å². The fourth-order valence-corrected chi connectivity index (χ4v) is 4.85. The molecule has 0 radical (unpaired) electrons. The Morgan fingerprint density at radius 2 is 0.977 bits per heavy atom. The van der Waals surface area contributed by atoms with Crippen molar-refractivity contribution in [1.29, 1.82) is 0 Å². The summed E-state index contributed by atoms with van der Waals surface area (Å²) in [6, 6.07) is 20.5. The monoisotopic (exact) mass is 584 g/mol. The number of hydrogen-bond acceptors (Lipinski definition) is 11. The van der Waals surface area contributed by atoms with Crippen molar-refractivity contribution in [1.82, 2.24) is 0 Å². The maximum absolute atomic E-state index is 12.4. The standard InChI is InChI=1S/C16H12O6.C16H12O5/c17-15(9-1-3-11-13(5-9)21-7-19-11)16(18)10-2-4-12-14(6-10)22-8-20-12;17-12(11-2-4-14-16(7-11)21-9-19-14)5-10-1-3-13-15(6-10)20-8-18-13/h1-6,15,17H,7-8H2;1-4,6-7H,5,8-9H2. The summed E-state index contributed by atoms with van der Waals surface area (Å²) in [4.78, 5) is 24.8. The molecule has 0 saturated heterocycles. The highest BCUT2D eigenvalue weighted by atomic mass is 16.7. The van der Waals surface area contributed by atoms with Crippen LogP contribution in [-0.2, 0) is 6.42 Å². The molecular weight excluding hydrogens is 560 g/mol. The predicted molar refractivity (Wildman–Crippen MR) is 148 cm³/mol. The normalized spacial score (nSPS) is 15.0. The van der Waals surface area contributed by atoms with Crippen molar-refractivity contribution in [3.8, 4) is 46.0 Å². The lowest BCUT2D eigenvalue weighted by Gasteiger charge is -2.11. The molecule has 4 aromatic rings. The first-order chi connectivity index (χ1) is 21.0. The van der Waals surface area contributed by atoms with Gasteiger partial charge in [0.2, 0.25) is 27.2 Å². The van der Waals surface area contributed by atoms with Gasteiger partial charge >= 0.3 is 0 Å². The molecule has 218 valence electrons. The predicted octanol–water partition coefficient (Wildman–Crippen LogP) is 4.63. The third-order valence-electron chi connectivity index (χ3n) is 7.11. The largest absolute Gasteiger partial charge is 0.454 e. The number of carbonyl (C=O) groups excluding carboxylic acids is 2. The molecular formula is C32H24O11. The average Bonchev–Trinajstić information content (AvgIpc) is 3.86. The van der Waals surface area contributed by atoms with Gasteiger partial charge in [0.15, 0.2) is 57.6 Å². The van der Waals surface area contributed by atoms with Crippen LogP contribution in [0.15, 0.2) is 72.8 Å². The van der Waals surface area contributed by atoms with E-state index in [4.69, 9.17) is 37.9 Å². The van der Waals surface area contributed by atoms with E-state index in [0.717, 1.165) is 5.56 Å². The Kier molecular flexibility index (Phi) is 6.84. The van der Waals surface area contributed by atoms with E-state index in [1.807, 2.05) is 18.2 Å². The highest BCUT2D eigenvalue weighted by Crippen LogP contribution is 2.37. The smallest absolute Gasteiger partial charge is 0.231 e. The van der Waals surface area contributed by atoms with E-state index in [1.165, 1.54) is 0 Å². The summed E-state index contributed by atoms with van der Waals surface area (Å²) in [7, 11) is 0. The van der Waals surface area contributed by atoms with Crippen molar-refractivity contribution in [2.45, 2.75) is 12.5 Å². The van der Waals surface area contributed by atoms with Crippen LogP contribution in [0.5, 0.6) is 46.0 Å². The molecule has 1 atom stereocenters. The molecule has 4 aliphatic heterocycles. The average molecular weight is 585 g/mol. The van der Waals surface area contributed by atoms with Gasteiger partial charge in [0.25, 0.3) is 0 Å². The number of Topliss-reactive ketones (excluding diaryl/α,β-unsaturated/α-hetero) is 2. The summed E-state index contributed by atoms with van der Waals surface area (Å²) in [5, 5.41) is 10.3. The van der Waals surface area contributed by atoms with Crippen molar-refractivity contribution in [3.63, 3.8) is 0 Å². The summed E-state index contributed by atoms with van der Waals surface area (Å²) in [5.74, 6) is 4.52. The van der Waals surface area contributed by atoms with Gasteiger partial charge in [-0.25, -0.2) is 0 Å². The Morgan fingerprint density at radius 3 is 1.58 bits per heavy atom. The zero-order valence-corrected chi connectivity index (χ0v) is 22.6. The minimum atomic E-state index is -1.28. The molecule has 0 spiro atoms. The third kappa shape index (κ3) is 5.33. The van der Waals surface area contributed by atoms with Gasteiger partial charge in [0.1, 0.15) is 6.10 Å². The van der Waals surface area contributed by atoms with Crippen molar-refractivity contribution < 1.29 is 52.6 Å². The number of benzene rings is 4. The lowest BCUT2D eigenvalue weighted by Crippen LogP contribution is -2.12.